The van der Waals surface area contributed by atoms with E-state index in [0.29, 0.717) is 0 Å². The molecule has 1 aromatic heterocycles. The van der Waals surface area contributed by atoms with Crippen LogP contribution < -0.4 is 5.32 Å². The van der Waals surface area contributed by atoms with Crippen molar-refractivity contribution in [1.29, 1.82) is 0 Å². The molecule has 0 saturated heterocycles. The Morgan fingerprint density at radius 2 is 0.953 bits per heavy atom. The van der Waals surface area contributed by atoms with Gasteiger partial charge in [0.15, 0.2) is 6.17 Å². The van der Waals surface area contributed by atoms with Crippen LogP contribution in [0.1, 0.15) is 22.9 Å². The monoisotopic (exact) mass is 553 g/mol. The first-order valence-corrected chi connectivity index (χ1v) is 14.4. The minimum atomic E-state index is -0.436. The highest BCUT2D eigenvalue weighted by atomic mass is 16.3. The number of amidine groups is 2. The van der Waals surface area contributed by atoms with Crippen molar-refractivity contribution in [1.82, 2.24) is 5.32 Å². The third-order valence-corrected chi connectivity index (χ3v) is 7.90. The smallest absolute Gasteiger partial charge is 0.169 e. The van der Waals surface area contributed by atoms with Crippen molar-refractivity contribution in [3.63, 3.8) is 0 Å². The van der Waals surface area contributed by atoms with Crippen LogP contribution in [0.4, 0.5) is 0 Å². The quantitative estimate of drug-likeness (QED) is 0.231. The number of furan rings is 1. The van der Waals surface area contributed by atoms with Crippen molar-refractivity contribution in [2.45, 2.75) is 6.17 Å². The third kappa shape index (κ3) is 4.79. The molecule has 1 aliphatic rings. The number of fused-ring (bicyclic) bond motifs is 3. The lowest BCUT2D eigenvalue weighted by Crippen LogP contribution is -2.36. The Morgan fingerprint density at radius 3 is 1.60 bits per heavy atom. The molecular weight excluding hydrogens is 526 g/mol. The minimum absolute atomic E-state index is 0.436. The van der Waals surface area contributed by atoms with Crippen LogP contribution in [0.15, 0.2) is 166 Å². The van der Waals surface area contributed by atoms with Crippen LogP contribution in [0.5, 0.6) is 0 Å². The molecule has 4 nitrogen and oxygen atoms in total. The standard InChI is InChI=1S/C39H27N3O/c1-4-12-26(13-5-1)30-22-31(27-14-6-2-7-15-27)24-32(23-30)39-41-37(28-16-8-3-9-17-28)40-38(42-39)29-20-21-36-34(25-29)33-18-10-11-19-35(33)43-36/h1-25,39H,(H,40,41,42). The Hall–Kier alpha value is -5.74. The maximum absolute atomic E-state index is 6.10. The van der Waals surface area contributed by atoms with Gasteiger partial charge < -0.3 is 9.73 Å². The van der Waals surface area contributed by atoms with Crippen molar-refractivity contribution < 1.29 is 4.42 Å². The first-order valence-electron chi connectivity index (χ1n) is 14.4. The maximum Gasteiger partial charge on any atom is 0.169 e. The molecule has 1 unspecified atom stereocenters. The van der Waals surface area contributed by atoms with E-state index < -0.39 is 6.17 Å². The molecule has 0 radical (unpaired) electrons. The summed E-state index contributed by atoms with van der Waals surface area (Å²) in [6.07, 6.45) is -0.436. The Labute approximate surface area is 249 Å². The first kappa shape index (κ1) is 25.0. The molecule has 7 aromatic rings. The molecule has 1 atom stereocenters. The molecule has 0 amide bonds. The van der Waals surface area contributed by atoms with Crippen LogP contribution in [0.25, 0.3) is 44.2 Å². The highest BCUT2D eigenvalue weighted by Gasteiger charge is 2.22. The van der Waals surface area contributed by atoms with Gasteiger partial charge in [-0.05, 0) is 70.3 Å². The van der Waals surface area contributed by atoms with Crippen LogP contribution in [-0.2, 0) is 0 Å². The first-order chi connectivity index (χ1) is 21.3. The Balaban J connectivity index is 1.30. The molecule has 0 aliphatic carbocycles. The summed E-state index contributed by atoms with van der Waals surface area (Å²) in [6, 6.07) is 52.3. The van der Waals surface area contributed by atoms with Gasteiger partial charge in [0.1, 0.15) is 22.8 Å². The Bertz CT molecular complexity index is 2090. The molecule has 0 saturated carbocycles. The van der Waals surface area contributed by atoms with E-state index in [1.807, 2.05) is 54.6 Å². The van der Waals surface area contributed by atoms with Gasteiger partial charge in [-0.25, -0.2) is 9.98 Å². The molecule has 43 heavy (non-hydrogen) atoms. The number of nitrogens with one attached hydrogen (secondary N) is 1. The normalized spacial score (nSPS) is 14.7. The zero-order valence-electron chi connectivity index (χ0n) is 23.3. The molecule has 2 heterocycles. The van der Waals surface area contributed by atoms with Crippen LogP contribution in [-0.4, -0.2) is 11.7 Å². The Morgan fingerprint density at radius 1 is 0.419 bits per heavy atom. The lowest BCUT2D eigenvalue weighted by molar-refractivity contribution is 0.669. The van der Waals surface area contributed by atoms with Gasteiger partial charge in [-0.2, -0.15) is 0 Å². The lowest BCUT2D eigenvalue weighted by Gasteiger charge is -2.23. The van der Waals surface area contributed by atoms with Gasteiger partial charge in [0, 0.05) is 21.9 Å². The van der Waals surface area contributed by atoms with Gasteiger partial charge in [-0.3, -0.25) is 0 Å². The van der Waals surface area contributed by atoms with Crippen molar-refractivity contribution in [2.24, 2.45) is 9.98 Å². The summed E-state index contributed by atoms with van der Waals surface area (Å²) >= 11 is 0. The molecule has 8 rings (SSSR count). The van der Waals surface area contributed by atoms with Crippen LogP contribution in [0.2, 0.25) is 0 Å². The molecule has 204 valence electrons. The van der Waals surface area contributed by atoms with Crippen LogP contribution in [0, 0.1) is 0 Å². The fourth-order valence-electron chi connectivity index (χ4n) is 5.76. The van der Waals surface area contributed by atoms with Gasteiger partial charge in [-0.1, -0.05) is 109 Å². The summed E-state index contributed by atoms with van der Waals surface area (Å²) in [5.41, 5.74) is 9.34. The van der Waals surface area contributed by atoms with E-state index >= 15 is 0 Å². The SMILES string of the molecule is c1ccc(C2=NC(c3cc(-c4ccccc4)cc(-c4ccccc4)c3)N=C(c3ccc4oc5ccccc5c4c3)N2)cc1. The fraction of sp³-hybridized carbons (Fsp3) is 0.0256. The van der Waals surface area contributed by atoms with Crippen LogP contribution >= 0.6 is 0 Å². The largest absolute Gasteiger partial charge is 0.456 e. The van der Waals surface area contributed by atoms with Crippen LogP contribution in [0.3, 0.4) is 0 Å². The molecule has 6 aromatic carbocycles. The topological polar surface area (TPSA) is 49.9 Å². The number of hydrogen-bond acceptors (Lipinski definition) is 4. The zero-order valence-corrected chi connectivity index (χ0v) is 23.3. The average molecular weight is 554 g/mol. The summed E-state index contributed by atoms with van der Waals surface area (Å²) < 4.78 is 6.10. The van der Waals surface area contributed by atoms with Gasteiger partial charge >= 0.3 is 0 Å². The van der Waals surface area contributed by atoms with Crippen molar-refractivity contribution in [2.75, 3.05) is 0 Å². The second-order valence-corrected chi connectivity index (χ2v) is 10.7. The second-order valence-electron chi connectivity index (χ2n) is 10.7. The van der Waals surface area contributed by atoms with E-state index in [0.717, 1.165) is 72.6 Å². The zero-order chi connectivity index (χ0) is 28.6. The van der Waals surface area contributed by atoms with Gasteiger partial charge in [0.25, 0.3) is 0 Å². The number of para-hydroxylation sites is 1. The number of hydrogen-bond donors (Lipinski definition) is 1. The van der Waals surface area contributed by atoms with Crippen molar-refractivity contribution in [3.8, 4) is 22.3 Å². The van der Waals surface area contributed by atoms with Crippen molar-refractivity contribution >= 4 is 33.6 Å². The molecular formula is C39H27N3O. The van der Waals surface area contributed by atoms with Gasteiger partial charge in [0.2, 0.25) is 0 Å². The molecule has 0 spiro atoms. The minimum Gasteiger partial charge on any atom is -0.456 e. The van der Waals surface area contributed by atoms with E-state index in [4.69, 9.17) is 14.4 Å². The molecule has 1 N–H and O–H groups in total. The number of rotatable bonds is 5. The van der Waals surface area contributed by atoms with Crippen molar-refractivity contribution in [3.05, 3.63) is 168 Å². The predicted octanol–water partition coefficient (Wildman–Crippen LogP) is 9.42. The molecule has 0 fully saturated rings. The number of aliphatic imine (C=N–C) groups is 2. The fourth-order valence-corrected chi connectivity index (χ4v) is 5.76. The summed E-state index contributed by atoms with van der Waals surface area (Å²) in [5, 5.41) is 5.71. The highest BCUT2D eigenvalue weighted by Crippen LogP contribution is 2.34. The second kappa shape index (κ2) is 10.6. The number of nitrogens with zero attached hydrogens (tertiary/aromatic N) is 2. The average Bonchev–Trinajstić information content (AvgIpc) is 3.47. The van der Waals surface area contributed by atoms with E-state index in [2.05, 4.69) is 102 Å². The van der Waals surface area contributed by atoms with Gasteiger partial charge in [-0.15, -0.1) is 0 Å². The van der Waals surface area contributed by atoms with E-state index in [1.165, 1.54) is 0 Å². The third-order valence-electron chi connectivity index (χ3n) is 7.90. The lowest BCUT2D eigenvalue weighted by atomic mass is 9.95. The summed E-state index contributed by atoms with van der Waals surface area (Å²) in [6.45, 7) is 0. The molecule has 4 heteroatoms. The summed E-state index contributed by atoms with van der Waals surface area (Å²) in [5.74, 6) is 1.57. The van der Waals surface area contributed by atoms with E-state index in [9.17, 15) is 0 Å². The van der Waals surface area contributed by atoms with E-state index in [-0.39, 0.29) is 0 Å². The van der Waals surface area contributed by atoms with E-state index in [1.54, 1.807) is 0 Å². The number of benzene rings is 6. The highest BCUT2D eigenvalue weighted by molar-refractivity contribution is 6.17. The predicted molar refractivity (Wildman–Crippen MR) is 176 cm³/mol. The maximum atomic E-state index is 6.10. The van der Waals surface area contributed by atoms with Gasteiger partial charge in [0.05, 0.1) is 0 Å². The Kier molecular flexibility index (Phi) is 6.16. The molecule has 0 bridgehead atoms. The summed E-state index contributed by atoms with van der Waals surface area (Å²) in [4.78, 5) is 10.4. The summed E-state index contributed by atoms with van der Waals surface area (Å²) in [7, 11) is 0. The molecule has 1 aliphatic heterocycles.